The largest absolute Gasteiger partial charge is 0.381 e. The molecule has 1 aromatic carbocycles. The fourth-order valence-electron chi connectivity index (χ4n) is 4.86. The van der Waals surface area contributed by atoms with Crippen molar-refractivity contribution in [1.29, 1.82) is 0 Å². The normalized spacial score (nSPS) is 25.1. The van der Waals surface area contributed by atoms with Crippen molar-refractivity contribution in [2.45, 2.75) is 46.7 Å². The lowest BCUT2D eigenvalue weighted by Gasteiger charge is -2.35. The molecule has 1 aromatic rings. The lowest BCUT2D eigenvalue weighted by molar-refractivity contribution is 0.134. The van der Waals surface area contributed by atoms with E-state index >= 15 is 0 Å². The topological polar surface area (TPSA) is 40.1 Å². The molecule has 0 spiro atoms. The second-order valence-corrected chi connectivity index (χ2v) is 9.19. The van der Waals surface area contributed by atoms with Crippen molar-refractivity contribution >= 4 is 29.9 Å². The van der Waals surface area contributed by atoms with Gasteiger partial charge in [0.05, 0.1) is 13.2 Å². The third kappa shape index (κ3) is 7.68. The molecule has 0 aliphatic carbocycles. The van der Waals surface area contributed by atoms with E-state index in [1.54, 1.807) is 0 Å². The molecule has 0 radical (unpaired) electrons. The van der Waals surface area contributed by atoms with Crippen molar-refractivity contribution < 1.29 is 4.74 Å². The maximum Gasteiger partial charge on any atom is 0.193 e. The number of ether oxygens (including phenoxy) is 1. The zero-order chi connectivity index (χ0) is 20.6. The summed E-state index contributed by atoms with van der Waals surface area (Å²) < 4.78 is 5.54. The summed E-state index contributed by atoms with van der Waals surface area (Å²) in [5, 5.41) is 3.46. The maximum atomic E-state index is 5.54. The van der Waals surface area contributed by atoms with Gasteiger partial charge in [0, 0.05) is 52.3 Å². The van der Waals surface area contributed by atoms with Gasteiger partial charge in [-0.05, 0) is 42.7 Å². The first kappa shape index (κ1) is 25.4. The van der Waals surface area contributed by atoms with E-state index in [4.69, 9.17) is 9.73 Å². The lowest BCUT2D eigenvalue weighted by Crippen LogP contribution is -2.41. The van der Waals surface area contributed by atoms with Crippen LogP contribution in [0.4, 0.5) is 0 Å². The summed E-state index contributed by atoms with van der Waals surface area (Å²) in [5.74, 6) is 3.18. The number of likely N-dealkylation sites (tertiary alicyclic amines) is 1. The van der Waals surface area contributed by atoms with Crippen molar-refractivity contribution in [3.63, 3.8) is 0 Å². The second-order valence-electron chi connectivity index (χ2n) is 9.19. The lowest BCUT2D eigenvalue weighted by atomic mass is 9.91. The van der Waals surface area contributed by atoms with Crippen molar-refractivity contribution in [2.75, 3.05) is 46.4 Å². The number of nitrogens with zero attached hydrogens (tertiary/aromatic N) is 3. The summed E-state index contributed by atoms with van der Waals surface area (Å²) in [5.41, 5.74) is 2.76. The Bertz CT molecular complexity index is 652. The Morgan fingerprint density at radius 3 is 2.53 bits per heavy atom. The highest BCUT2D eigenvalue weighted by molar-refractivity contribution is 14.0. The molecule has 0 amide bonds. The molecular weight excluding hydrogens is 487 g/mol. The van der Waals surface area contributed by atoms with Crippen molar-refractivity contribution in [3.05, 3.63) is 35.4 Å². The summed E-state index contributed by atoms with van der Waals surface area (Å²) >= 11 is 0. The molecule has 2 aliphatic heterocycles. The first-order chi connectivity index (χ1) is 14.0. The number of nitrogens with one attached hydrogen (secondary N) is 1. The molecule has 0 bridgehead atoms. The summed E-state index contributed by atoms with van der Waals surface area (Å²) in [7, 11) is 2.14. The van der Waals surface area contributed by atoms with Crippen LogP contribution in [0.1, 0.15) is 44.7 Å². The minimum absolute atomic E-state index is 0. The van der Waals surface area contributed by atoms with E-state index in [-0.39, 0.29) is 24.0 Å². The quantitative estimate of drug-likeness (QED) is 0.327. The molecule has 2 saturated heterocycles. The van der Waals surface area contributed by atoms with Gasteiger partial charge in [-0.25, -0.2) is 4.99 Å². The monoisotopic (exact) mass is 528 g/mol. The van der Waals surface area contributed by atoms with E-state index in [0.717, 1.165) is 63.6 Å². The molecule has 2 heterocycles. The van der Waals surface area contributed by atoms with Crippen LogP contribution in [0.15, 0.2) is 29.3 Å². The fraction of sp³-hybridized carbons (Fsp3) is 0.708. The molecule has 3 unspecified atom stereocenters. The number of hydrogen-bond donors (Lipinski definition) is 1. The number of aliphatic imine (C=N–C) groups is 1. The van der Waals surface area contributed by atoms with Crippen LogP contribution >= 0.6 is 24.0 Å². The van der Waals surface area contributed by atoms with E-state index < -0.39 is 0 Å². The number of benzene rings is 1. The molecule has 0 saturated carbocycles. The van der Waals surface area contributed by atoms with E-state index in [0.29, 0.717) is 5.92 Å². The van der Waals surface area contributed by atoms with Gasteiger partial charge in [-0.15, -0.1) is 24.0 Å². The first-order valence-corrected chi connectivity index (χ1v) is 11.4. The minimum Gasteiger partial charge on any atom is -0.381 e. The van der Waals surface area contributed by atoms with Crippen LogP contribution in [0.2, 0.25) is 0 Å². The fourth-order valence-corrected chi connectivity index (χ4v) is 4.86. The molecular formula is C24H41IN4O. The SMILES string of the molecule is CCNC(=NCc1ccccc1CN1CC(C)CC(C)C1)N(C)CC1CCOC1.I. The van der Waals surface area contributed by atoms with Crippen LogP contribution in [0, 0.1) is 17.8 Å². The van der Waals surface area contributed by atoms with E-state index in [1.165, 1.54) is 30.6 Å². The van der Waals surface area contributed by atoms with Crippen LogP contribution in [0.25, 0.3) is 0 Å². The Morgan fingerprint density at radius 2 is 1.90 bits per heavy atom. The molecule has 30 heavy (non-hydrogen) atoms. The maximum absolute atomic E-state index is 5.54. The summed E-state index contributed by atoms with van der Waals surface area (Å²) in [4.78, 5) is 9.87. The number of rotatable bonds is 7. The molecule has 2 aliphatic rings. The van der Waals surface area contributed by atoms with Gasteiger partial charge in [0.1, 0.15) is 0 Å². The van der Waals surface area contributed by atoms with Gasteiger partial charge in [0.2, 0.25) is 0 Å². The number of hydrogen-bond acceptors (Lipinski definition) is 3. The molecule has 3 rings (SSSR count). The summed E-state index contributed by atoms with van der Waals surface area (Å²) in [6.45, 7) is 14.7. The zero-order valence-electron chi connectivity index (χ0n) is 19.3. The van der Waals surface area contributed by atoms with Crippen LogP contribution in [0.3, 0.4) is 0 Å². The van der Waals surface area contributed by atoms with Gasteiger partial charge in [0.15, 0.2) is 5.96 Å². The average Bonchev–Trinajstić information content (AvgIpc) is 3.18. The predicted octanol–water partition coefficient (Wildman–Crippen LogP) is 4.22. The number of piperidine rings is 1. The predicted molar refractivity (Wildman–Crippen MR) is 136 cm³/mol. The number of guanidine groups is 1. The van der Waals surface area contributed by atoms with E-state index in [9.17, 15) is 0 Å². The highest BCUT2D eigenvalue weighted by atomic mass is 127. The Labute approximate surface area is 200 Å². The van der Waals surface area contributed by atoms with E-state index in [1.807, 2.05) is 0 Å². The van der Waals surface area contributed by atoms with Crippen molar-refractivity contribution in [1.82, 2.24) is 15.1 Å². The van der Waals surface area contributed by atoms with Gasteiger partial charge in [-0.3, -0.25) is 4.90 Å². The van der Waals surface area contributed by atoms with Gasteiger partial charge in [0.25, 0.3) is 0 Å². The summed E-state index contributed by atoms with van der Waals surface area (Å²) in [6.07, 6.45) is 2.51. The molecule has 0 aromatic heterocycles. The molecule has 1 N–H and O–H groups in total. The Hall–Kier alpha value is -0.860. The highest BCUT2D eigenvalue weighted by Gasteiger charge is 2.22. The zero-order valence-corrected chi connectivity index (χ0v) is 21.6. The minimum atomic E-state index is 0. The van der Waals surface area contributed by atoms with Crippen LogP contribution in [-0.2, 0) is 17.8 Å². The number of halogens is 1. The molecule has 3 atom stereocenters. The van der Waals surface area contributed by atoms with Gasteiger partial charge >= 0.3 is 0 Å². The second kappa shape index (κ2) is 12.9. The van der Waals surface area contributed by atoms with E-state index in [2.05, 4.69) is 67.2 Å². The Balaban J connectivity index is 0.00000320. The standard InChI is InChI=1S/C24H40N4O.HI/c1-5-25-24(27(4)16-21-10-11-29-18-21)26-13-22-8-6-7-9-23(22)17-28-14-19(2)12-20(3)15-28;/h6-9,19-21H,5,10-18H2,1-4H3,(H,25,26);1H. The molecule has 5 nitrogen and oxygen atoms in total. The van der Waals surface area contributed by atoms with Crippen LogP contribution in [0.5, 0.6) is 0 Å². The molecule has 6 heteroatoms. The van der Waals surface area contributed by atoms with Gasteiger partial charge in [-0.1, -0.05) is 38.1 Å². The van der Waals surface area contributed by atoms with Crippen molar-refractivity contribution in [3.8, 4) is 0 Å². The average molecular weight is 529 g/mol. The third-order valence-corrected chi connectivity index (χ3v) is 6.11. The first-order valence-electron chi connectivity index (χ1n) is 11.4. The van der Waals surface area contributed by atoms with Gasteiger partial charge in [-0.2, -0.15) is 0 Å². The Morgan fingerprint density at radius 1 is 1.20 bits per heavy atom. The smallest absolute Gasteiger partial charge is 0.193 e. The van der Waals surface area contributed by atoms with Crippen LogP contribution in [-0.4, -0.2) is 62.2 Å². The highest BCUT2D eigenvalue weighted by Crippen LogP contribution is 2.23. The molecule has 2 fully saturated rings. The molecule has 170 valence electrons. The Kier molecular flexibility index (Phi) is 10.9. The third-order valence-electron chi connectivity index (χ3n) is 6.11. The van der Waals surface area contributed by atoms with Crippen LogP contribution < -0.4 is 5.32 Å². The van der Waals surface area contributed by atoms with Gasteiger partial charge < -0.3 is 15.0 Å². The summed E-state index contributed by atoms with van der Waals surface area (Å²) in [6, 6.07) is 8.82. The van der Waals surface area contributed by atoms with Crippen molar-refractivity contribution in [2.24, 2.45) is 22.7 Å².